The van der Waals surface area contributed by atoms with E-state index in [1.165, 1.54) is 11.3 Å². The summed E-state index contributed by atoms with van der Waals surface area (Å²) in [4.78, 5) is 7.41. The zero-order valence-electron chi connectivity index (χ0n) is 16.5. The Morgan fingerprint density at radius 2 is 1.92 bits per heavy atom. The van der Waals surface area contributed by atoms with E-state index in [1.54, 1.807) is 0 Å². The van der Waals surface area contributed by atoms with Crippen LogP contribution in [-0.4, -0.2) is 43.5 Å². The van der Waals surface area contributed by atoms with Crippen LogP contribution in [0.2, 0.25) is 0 Å². The lowest BCUT2D eigenvalue weighted by atomic mass is 9.88. The van der Waals surface area contributed by atoms with Gasteiger partial charge in [-0.3, -0.25) is 4.99 Å². The molecule has 0 radical (unpaired) electrons. The smallest absolute Gasteiger partial charge is 0.214 e. The van der Waals surface area contributed by atoms with E-state index >= 15 is 0 Å². The molecule has 6 heteroatoms. The SMILES string of the molecule is CC(C)C1=C2C[C@@H](CNS(=O)(=O)C3CC3)CN2C(C(C)(C)C)=N[C@H]1C. The molecule has 3 aliphatic rings. The van der Waals surface area contributed by atoms with Gasteiger partial charge in [-0.1, -0.05) is 34.6 Å². The fourth-order valence-electron chi connectivity index (χ4n) is 4.15. The molecule has 1 saturated heterocycles. The average molecular weight is 368 g/mol. The highest BCUT2D eigenvalue weighted by atomic mass is 32.2. The summed E-state index contributed by atoms with van der Waals surface area (Å²) in [7, 11) is -3.10. The van der Waals surface area contributed by atoms with Crippen molar-refractivity contribution in [3.8, 4) is 0 Å². The van der Waals surface area contributed by atoms with E-state index in [-0.39, 0.29) is 16.7 Å². The van der Waals surface area contributed by atoms with Gasteiger partial charge in [0, 0.05) is 24.2 Å². The van der Waals surface area contributed by atoms with Crippen molar-refractivity contribution >= 4 is 15.9 Å². The van der Waals surface area contributed by atoms with Crippen molar-refractivity contribution < 1.29 is 8.42 Å². The van der Waals surface area contributed by atoms with E-state index in [2.05, 4.69) is 51.2 Å². The third-order valence-electron chi connectivity index (χ3n) is 5.43. The van der Waals surface area contributed by atoms with E-state index < -0.39 is 10.0 Å². The second kappa shape index (κ2) is 6.38. The predicted molar refractivity (Wildman–Crippen MR) is 103 cm³/mol. The first-order valence-electron chi connectivity index (χ1n) is 9.58. The second-order valence-corrected chi connectivity index (χ2v) is 11.3. The van der Waals surface area contributed by atoms with Crippen LogP contribution in [0.25, 0.3) is 0 Å². The van der Waals surface area contributed by atoms with E-state index in [4.69, 9.17) is 4.99 Å². The number of hydrogen-bond acceptors (Lipinski definition) is 4. The maximum absolute atomic E-state index is 12.2. The highest BCUT2D eigenvalue weighted by Gasteiger charge is 2.41. The van der Waals surface area contributed by atoms with Crippen LogP contribution < -0.4 is 4.72 Å². The maximum atomic E-state index is 12.2. The Bertz CT molecular complexity index is 697. The number of allylic oxidation sites excluding steroid dienone is 1. The van der Waals surface area contributed by atoms with Gasteiger partial charge in [0.25, 0.3) is 0 Å². The van der Waals surface area contributed by atoms with Crippen LogP contribution >= 0.6 is 0 Å². The van der Waals surface area contributed by atoms with Crippen molar-refractivity contribution in [2.45, 2.75) is 72.1 Å². The molecule has 0 aromatic heterocycles. The Morgan fingerprint density at radius 1 is 1.28 bits per heavy atom. The Hall–Kier alpha value is -0.880. The van der Waals surface area contributed by atoms with E-state index in [0.717, 1.165) is 31.6 Å². The third-order valence-corrected chi connectivity index (χ3v) is 7.35. The minimum Gasteiger partial charge on any atom is -0.333 e. The van der Waals surface area contributed by atoms with Gasteiger partial charge in [-0.2, -0.15) is 0 Å². The third kappa shape index (κ3) is 3.80. The molecule has 0 spiro atoms. The van der Waals surface area contributed by atoms with Crippen molar-refractivity contribution in [3.63, 3.8) is 0 Å². The van der Waals surface area contributed by atoms with Gasteiger partial charge in [0.15, 0.2) is 0 Å². The van der Waals surface area contributed by atoms with Gasteiger partial charge in [0.1, 0.15) is 5.84 Å². The molecule has 5 nitrogen and oxygen atoms in total. The van der Waals surface area contributed by atoms with Gasteiger partial charge < -0.3 is 4.90 Å². The van der Waals surface area contributed by atoms with Crippen molar-refractivity contribution in [2.24, 2.45) is 22.2 Å². The zero-order valence-corrected chi connectivity index (χ0v) is 17.3. The van der Waals surface area contributed by atoms with Crippen LogP contribution in [0.5, 0.6) is 0 Å². The van der Waals surface area contributed by atoms with Crippen molar-refractivity contribution in [3.05, 3.63) is 11.3 Å². The molecule has 1 aliphatic carbocycles. The lowest BCUT2D eigenvalue weighted by molar-refractivity contribution is 0.416. The largest absolute Gasteiger partial charge is 0.333 e. The summed E-state index contributed by atoms with van der Waals surface area (Å²) in [5, 5.41) is -0.145. The van der Waals surface area contributed by atoms with Crippen LogP contribution in [0, 0.1) is 17.3 Å². The summed E-state index contributed by atoms with van der Waals surface area (Å²) in [6.45, 7) is 14.7. The molecule has 0 aromatic rings. The van der Waals surface area contributed by atoms with Gasteiger partial charge in [-0.15, -0.1) is 0 Å². The molecule has 2 atom stereocenters. The molecule has 0 unspecified atom stereocenters. The monoisotopic (exact) mass is 367 g/mol. The predicted octanol–water partition coefficient (Wildman–Crippen LogP) is 3.15. The summed E-state index contributed by atoms with van der Waals surface area (Å²) in [5.74, 6) is 1.92. The van der Waals surface area contributed by atoms with Gasteiger partial charge in [0.2, 0.25) is 10.0 Å². The van der Waals surface area contributed by atoms with Crippen LogP contribution in [0.3, 0.4) is 0 Å². The standard InChI is InChI=1S/C19H33N3O2S/c1-12(2)17-13(3)21-18(19(4,5)6)22-11-14(9-16(17)22)10-20-25(23,24)15-7-8-15/h12-15,20H,7-11H2,1-6H3/t13-,14-/m0/s1. The molecule has 1 saturated carbocycles. The topological polar surface area (TPSA) is 61.8 Å². The summed E-state index contributed by atoms with van der Waals surface area (Å²) < 4.78 is 27.2. The minimum atomic E-state index is -3.10. The number of fused-ring (bicyclic) bond motifs is 1. The zero-order chi connectivity index (χ0) is 18.6. The van der Waals surface area contributed by atoms with Gasteiger partial charge >= 0.3 is 0 Å². The van der Waals surface area contributed by atoms with Crippen LogP contribution in [0.1, 0.15) is 60.8 Å². The summed E-state index contributed by atoms with van der Waals surface area (Å²) >= 11 is 0. The Morgan fingerprint density at radius 3 is 2.44 bits per heavy atom. The van der Waals surface area contributed by atoms with E-state index in [1.807, 2.05) is 0 Å². The molecule has 25 heavy (non-hydrogen) atoms. The van der Waals surface area contributed by atoms with Crippen molar-refractivity contribution in [1.29, 1.82) is 0 Å². The number of sulfonamides is 1. The fourth-order valence-corrected chi connectivity index (χ4v) is 5.61. The number of amidine groups is 1. The molecular formula is C19H33N3O2S. The van der Waals surface area contributed by atoms with Crippen molar-refractivity contribution in [1.82, 2.24) is 9.62 Å². The highest BCUT2D eigenvalue weighted by Crippen LogP contribution is 2.40. The lowest BCUT2D eigenvalue weighted by Crippen LogP contribution is -2.43. The molecule has 1 N–H and O–H groups in total. The minimum absolute atomic E-state index is 0.00950. The number of nitrogens with zero attached hydrogens (tertiary/aromatic N) is 2. The Labute approximate surface area is 153 Å². The van der Waals surface area contributed by atoms with E-state index in [9.17, 15) is 8.42 Å². The summed E-state index contributed by atoms with van der Waals surface area (Å²) in [6, 6.07) is 0.211. The van der Waals surface area contributed by atoms with Gasteiger partial charge in [0.05, 0.1) is 11.3 Å². The molecular weight excluding hydrogens is 334 g/mol. The molecule has 3 rings (SSSR count). The molecule has 2 heterocycles. The first-order valence-corrected chi connectivity index (χ1v) is 11.1. The quantitative estimate of drug-likeness (QED) is 0.812. The number of hydrogen-bond donors (Lipinski definition) is 1. The lowest BCUT2D eigenvalue weighted by Gasteiger charge is -2.38. The van der Waals surface area contributed by atoms with Crippen molar-refractivity contribution in [2.75, 3.05) is 13.1 Å². The van der Waals surface area contributed by atoms with Crippen LogP contribution in [0.4, 0.5) is 0 Å². The number of nitrogens with one attached hydrogen (secondary N) is 1. The molecule has 0 aromatic carbocycles. The fraction of sp³-hybridized carbons (Fsp3) is 0.842. The molecule has 0 amide bonds. The average Bonchev–Trinajstić information content (AvgIpc) is 3.24. The second-order valence-electron chi connectivity index (χ2n) is 9.21. The Balaban J connectivity index is 1.81. The Kier molecular flexibility index (Phi) is 4.82. The highest BCUT2D eigenvalue weighted by molar-refractivity contribution is 7.90. The molecule has 142 valence electrons. The maximum Gasteiger partial charge on any atom is 0.214 e. The number of aliphatic imine (C=N–C) groups is 1. The molecule has 0 bridgehead atoms. The molecule has 2 aliphatic heterocycles. The number of rotatable bonds is 5. The van der Waals surface area contributed by atoms with Crippen LogP contribution in [0.15, 0.2) is 16.3 Å². The first kappa shape index (κ1) is 18.9. The summed E-state index contributed by atoms with van der Waals surface area (Å²) in [5.41, 5.74) is 2.79. The summed E-state index contributed by atoms with van der Waals surface area (Å²) in [6.07, 6.45) is 2.57. The normalized spacial score (nSPS) is 27.8. The van der Waals surface area contributed by atoms with Crippen LogP contribution in [-0.2, 0) is 10.0 Å². The van der Waals surface area contributed by atoms with Gasteiger partial charge in [-0.05, 0) is 43.6 Å². The molecule has 2 fully saturated rings. The van der Waals surface area contributed by atoms with Gasteiger partial charge in [-0.25, -0.2) is 13.1 Å². The van der Waals surface area contributed by atoms with E-state index in [0.29, 0.717) is 18.4 Å². The first-order chi connectivity index (χ1) is 11.5.